The summed E-state index contributed by atoms with van der Waals surface area (Å²) in [7, 11) is 1.62. The highest BCUT2D eigenvalue weighted by Crippen LogP contribution is 2.37. The van der Waals surface area contributed by atoms with Crippen molar-refractivity contribution in [3.8, 4) is 5.75 Å². The van der Waals surface area contributed by atoms with Crippen LogP contribution in [0.1, 0.15) is 27.1 Å². The second-order valence-electron chi connectivity index (χ2n) is 4.56. The predicted molar refractivity (Wildman–Crippen MR) is 84.7 cm³/mol. The van der Waals surface area contributed by atoms with Gasteiger partial charge in [-0.15, -0.1) is 0 Å². The van der Waals surface area contributed by atoms with Crippen LogP contribution in [0.5, 0.6) is 5.75 Å². The first-order valence-electron chi connectivity index (χ1n) is 6.08. The molecule has 0 saturated heterocycles. The summed E-state index contributed by atoms with van der Waals surface area (Å²) in [6, 6.07) is 12.2. The molecule has 2 aromatic carbocycles. The van der Waals surface area contributed by atoms with Gasteiger partial charge in [-0.25, -0.2) is 0 Å². The fourth-order valence-corrected chi connectivity index (χ4v) is 3.51. The van der Waals surface area contributed by atoms with E-state index in [4.69, 9.17) is 16.3 Å². The number of hydrogen-bond acceptors (Lipinski definition) is 1. The van der Waals surface area contributed by atoms with Gasteiger partial charge >= 0.3 is 0 Å². The van der Waals surface area contributed by atoms with Crippen LogP contribution in [0.4, 0.5) is 0 Å². The molecule has 1 unspecified atom stereocenters. The van der Waals surface area contributed by atoms with Crippen LogP contribution in [0.2, 0.25) is 5.02 Å². The van der Waals surface area contributed by atoms with Crippen molar-refractivity contribution in [2.45, 2.75) is 18.7 Å². The van der Waals surface area contributed by atoms with E-state index in [9.17, 15) is 0 Å². The third-order valence-electron chi connectivity index (χ3n) is 3.26. The van der Waals surface area contributed by atoms with E-state index < -0.39 is 0 Å². The summed E-state index contributed by atoms with van der Waals surface area (Å²) in [5, 5.41) is 0.635. The first-order chi connectivity index (χ1) is 9.04. The van der Waals surface area contributed by atoms with E-state index >= 15 is 0 Å². The highest BCUT2D eigenvalue weighted by atomic mass is 79.9. The largest absolute Gasteiger partial charge is 0.495 e. The van der Waals surface area contributed by atoms with E-state index in [0.717, 1.165) is 5.56 Å². The lowest BCUT2D eigenvalue weighted by atomic mass is 9.96. The van der Waals surface area contributed by atoms with Crippen LogP contribution in [0.25, 0.3) is 0 Å². The molecule has 0 saturated carbocycles. The van der Waals surface area contributed by atoms with E-state index in [0.29, 0.717) is 10.8 Å². The zero-order valence-electron chi connectivity index (χ0n) is 11.2. The number of hydrogen-bond donors (Lipinski definition) is 0. The Morgan fingerprint density at radius 2 is 1.74 bits per heavy atom. The summed E-state index contributed by atoms with van der Waals surface area (Å²) in [4.78, 5) is 0.136. The van der Waals surface area contributed by atoms with Gasteiger partial charge in [0, 0.05) is 0 Å². The molecule has 19 heavy (non-hydrogen) atoms. The molecular formula is C16H16BrClO. The normalized spacial score (nSPS) is 12.3. The average Bonchev–Trinajstić information content (AvgIpc) is 2.38. The highest BCUT2D eigenvalue weighted by Gasteiger charge is 2.16. The quantitative estimate of drug-likeness (QED) is 0.676. The molecule has 0 N–H and O–H groups in total. The summed E-state index contributed by atoms with van der Waals surface area (Å²) >= 11 is 9.97. The smallest absolute Gasteiger partial charge is 0.137 e. The lowest BCUT2D eigenvalue weighted by Crippen LogP contribution is -1.99. The van der Waals surface area contributed by atoms with Crippen molar-refractivity contribution < 1.29 is 4.74 Å². The van der Waals surface area contributed by atoms with Gasteiger partial charge in [-0.1, -0.05) is 51.8 Å². The average molecular weight is 340 g/mol. The van der Waals surface area contributed by atoms with Gasteiger partial charge < -0.3 is 4.74 Å². The van der Waals surface area contributed by atoms with Crippen molar-refractivity contribution in [1.82, 2.24) is 0 Å². The molecule has 3 heteroatoms. The van der Waals surface area contributed by atoms with Crippen LogP contribution in [0.15, 0.2) is 36.4 Å². The van der Waals surface area contributed by atoms with Crippen LogP contribution in [-0.4, -0.2) is 7.11 Å². The Morgan fingerprint density at radius 1 is 1.11 bits per heavy atom. The number of rotatable bonds is 3. The summed E-state index contributed by atoms with van der Waals surface area (Å²) in [6.45, 7) is 4.25. The molecule has 2 rings (SSSR count). The van der Waals surface area contributed by atoms with E-state index in [1.165, 1.54) is 16.7 Å². The van der Waals surface area contributed by atoms with Crippen LogP contribution >= 0.6 is 27.5 Å². The lowest BCUT2D eigenvalue weighted by Gasteiger charge is -2.17. The topological polar surface area (TPSA) is 9.23 Å². The second-order valence-corrected chi connectivity index (χ2v) is 5.88. The molecule has 1 nitrogen and oxygen atoms in total. The number of alkyl halides is 1. The number of halogens is 2. The maximum absolute atomic E-state index is 6.19. The van der Waals surface area contributed by atoms with Gasteiger partial charge in [0.1, 0.15) is 5.75 Å². The van der Waals surface area contributed by atoms with Gasteiger partial charge in [0.2, 0.25) is 0 Å². The Kier molecular flexibility index (Phi) is 4.54. The molecule has 0 fully saturated rings. The highest BCUT2D eigenvalue weighted by molar-refractivity contribution is 9.09. The molecule has 0 spiro atoms. The van der Waals surface area contributed by atoms with E-state index in [2.05, 4.69) is 48.0 Å². The Balaban J connectivity index is 2.44. The van der Waals surface area contributed by atoms with Gasteiger partial charge in [0.05, 0.1) is 17.0 Å². The van der Waals surface area contributed by atoms with Gasteiger partial charge in [0.25, 0.3) is 0 Å². The van der Waals surface area contributed by atoms with E-state index in [1.807, 2.05) is 18.2 Å². The summed E-state index contributed by atoms with van der Waals surface area (Å²) in [5.74, 6) is 0.701. The van der Waals surface area contributed by atoms with Crippen molar-refractivity contribution in [2.24, 2.45) is 0 Å². The SMILES string of the molecule is COc1ccc(C(Br)c2c(C)cccc2C)cc1Cl. The maximum atomic E-state index is 6.19. The molecule has 0 bridgehead atoms. The third-order valence-corrected chi connectivity index (χ3v) is 4.55. The van der Waals surface area contributed by atoms with E-state index in [-0.39, 0.29) is 4.83 Å². The van der Waals surface area contributed by atoms with Gasteiger partial charge in [-0.3, -0.25) is 0 Å². The molecule has 0 radical (unpaired) electrons. The lowest BCUT2D eigenvalue weighted by molar-refractivity contribution is 0.415. The van der Waals surface area contributed by atoms with Gasteiger partial charge in [0.15, 0.2) is 0 Å². The number of methoxy groups -OCH3 is 1. The summed E-state index contributed by atoms with van der Waals surface area (Å²) in [6.07, 6.45) is 0. The maximum Gasteiger partial charge on any atom is 0.137 e. The van der Waals surface area contributed by atoms with Crippen LogP contribution in [0.3, 0.4) is 0 Å². The Bertz CT molecular complexity index is 575. The zero-order chi connectivity index (χ0) is 14.0. The molecule has 0 aromatic heterocycles. The molecule has 1 atom stereocenters. The molecule has 0 heterocycles. The standard InChI is InChI=1S/C16H16BrClO/c1-10-5-4-6-11(2)15(10)16(17)12-7-8-14(19-3)13(18)9-12/h4-9,16H,1-3H3. The van der Waals surface area contributed by atoms with Crippen molar-refractivity contribution in [1.29, 1.82) is 0 Å². The molecule has 2 aromatic rings. The first-order valence-corrected chi connectivity index (χ1v) is 7.37. The monoisotopic (exact) mass is 338 g/mol. The minimum atomic E-state index is 0.136. The van der Waals surface area contributed by atoms with E-state index in [1.54, 1.807) is 7.11 Å². The van der Waals surface area contributed by atoms with Crippen molar-refractivity contribution in [2.75, 3.05) is 7.11 Å². The minimum absolute atomic E-state index is 0.136. The minimum Gasteiger partial charge on any atom is -0.495 e. The second kappa shape index (κ2) is 5.98. The number of benzene rings is 2. The number of ether oxygens (including phenoxy) is 1. The van der Waals surface area contributed by atoms with Gasteiger partial charge in [-0.2, -0.15) is 0 Å². The number of aryl methyl sites for hydroxylation is 2. The molecular weight excluding hydrogens is 324 g/mol. The molecule has 0 aliphatic heterocycles. The Labute approximate surface area is 127 Å². The van der Waals surface area contributed by atoms with Crippen molar-refractivity contribution in [3.05, 3.63) is 63.7 Å². The molecule has 100 valence electrons. The Hall–Kier alpha value is -0.990. The first kappa shape index (κ1) is 14.4. The fourth-order valence-electron chi connectivity index (χ4n) is 2.23. The Morgan fingerprint density at radius 3 is 2.26 bits per heavy atom. The van der Waals surface area contributed by atoms with Crippen LogP contribution in [-0.2, 0) is 0 Å². The van der Waals surface area contributed by atoms with Gasteiger partial charge in [-0.05, 0) is 48.2 Å². The molecule has 0 aliphatic carbocycles. The zero-order valence-corrected chi connectivity index (χ0v) is 13.5. The predicted octanol–water partition coefficient (Wildman–Crippen LogP) is 5.45. The third kappa shape index (κ3) is 2.96. The summed E-state index contributed by atoms with van der Waals surface area (Å²) < 4.78 is 5.19. The molecule has 0 amide bonds. The molecule has 0 aliphatic rings. The fraction of sp³-hybridized carbons (Fsp3) is 0.250. The van der Waals surface area contributed by atoms with Crippen molar-refractivity contribution >= 4 is 27.5 Å². The van der Waals surface area contributed by atoms with Crippen LogP contribution < -0.4 is 4.74 Å². The summed E-state index contributed by atoms with van der Waals surface area (Å²) in [5.41, 5.74) is 4.97. The van der Waals surface area contributed by atoms with Crippen molar-refractivity contribution in [3.63, 3.8) is 0 Å². The van der Waals surface area contributed by atoms with Crippen LogP contribution in [0, 0.1) is 13.8 Å².